The van der Waals surface area contributed by atoms with Crippen LogP contribution in [0.4, 0.5) is 0 Å². The SMILES string of the molecule is CO/N=[N+](\[O-])[C@H](Cl)CCl. The Kier molecular flexibility index (Phi) is 4.53. The molecule has 54 valence electrons. The highest BCUT2D eigenvalue weighted by Gasteiger charge is 2.11. The van der Waals surface area contributed by atoms with Crippen LogP contribution in [0.2, 0.25) is 0 Å². The summed E-state index contributed by atoms with van der Waals surface area (Å²) in [6.07, 6.45) is 0. The van der Waals surface area contributed by atoms with Gasteiger partial charge in [-0.25, -0.2) is 0 Å². The first-order valence-corrected chi connectivity index (χ1v) is 3.10. The van der Waals surface area contributed by atoms with Gasteiger partial charge in [0.15, 0.2) is 0 Å². The van der Waals surface area contributed by atoms with Gasteiger partial charge in [0.25, 0.3) is 5.50 Å². The zero-order valence-corrected chi connectivity index (χ0v) is 6.26. The van der Waals surface area contributed by atoms with Crippen molar-refractivity contribution in [3.63, 3.8) is 0 Å². The van der Waals surface area contributed by atoms with Gasteiger partial charge in [0.05, 0.1) is 0 Å². The molecule has 0 rings (SSSR count). The maximum absolute atomic E-state index is 10.4. The van der Waals surface area contributed by atoms with Gasteiger partial charge in [-0.15, -0.1) is 11.6 Å². The molecule has 0 N–H and O–H groups in total. The van der Waals surface area contributed by atoms with Gasteiger partial charge >= 0.3 is 0 Å². The molecule has 0 saturated heterocycles. The molecule has 0 aromatic carbocycles. The minimum absolute atomic E-state index is 0.0118. The number of hydrogen-bond donors (Lipinski definition) is 0. The lowest BCUT2D eigenvalue weighted by Crippen LogP contribution is -2.14. The van der Waals surface area contributed by atoms with Crippen molar-refractivity contribution in [3.05, 3.63) is 5.21 Å². The van der Waals surface area contributed by atoms with Gasteiger partial charge in [0.2, 0.25) is 5.28 Å². The Hall–Kier alpha value is -0.220. The molecule has 0 radical (unpaired) electrons. The van der Waals surface area contributed by atoms with Gasteiger partial charge in [-0.05, 0) is 16.5 Å². The normalized spacial score (nSPS) is 15.2. The van der Waals surface area contributed by atoms with Crippen molar-refractivity contribution in [1.29, 1.82) is 0 Å². The summed E-state index contributed by atoms with van der Waals surface area (Å²) in [6.45, 7) is 0. The fraction of sp³-hybridized carbons (Fsp3) is 1.00. The van der Waals surface area contributed by atoms with Crippen LogP contribution in [-0.4, -0.2) is 23.4 Å². The third-order valence-electron chi connectivity index (χ3n) is 0.529. The zero-order valence-electron chi connectivity index (χ0n) is 4.75. The van der Waals surface area contributed by atoms with Crippen LogP contribution in [0.25, 0.3) is 0 Å². The summed E-state index contributed by atoms with van der Waals surface area (Å²) < 4.78 is 0. The molecule has 0 aromatic rings. The number of nitrogens with zero attached hydrogens (tertiary/aromatic N) is 2. The second-order valence-electron chi connectivity index (χ2n) is 1.16. The smallest absolute Gasteiger partial charge is 0.280 e. The Morgan fingerprint density at radius 1 is 1.89 bits per heavy atom. The van der Waals surface area contributed by atoms with Crippen molar-refractivity contribution >= 4 is 23.2 Å². The Morgan fingerprint density at radius 3 is 2.78 bits per heavy atom. The first-order valence-electron chi connectivity index (χ1n) is 2.13. The second kappa shape index (κ2) is 4.64. The van der Waals surface area contributed by atoms with Crippen molar-refractivity contribution in [2.24, 2.45) is 5.28 Å². The predicted molar refractivity (Wildman–Crippen MR) is 33.4 cm³/mol. The Bertz CT molecular complexity index is 108. The van der Waals surface area contributed by atoms with Gasteiger partial charge in [0.1, 0.15) is 13.0 Å². The van der Waals surface area contributed by atoms with E-state index in [1.54, 1.807) is 0 Å². The van der Waals surface area contributed by atoms with E-state index in [1.165, 1.54) is 7.11 Å². The summed E-state index contributed by atoms with van der Waals surface area (Å²) in [5.41, 5.74) is -0.855. The molecule has 6 heteroatoms. The standard InChI is InChI=1S/C3H6Cl2N2O2/c1-9-6-7(8)3(5)2-4/h3H,2H2,1H3/b7-6-/t3-/m0/s1. The summed E-state index contributed by atoms with van der Waals surface area (Å²) in [5, 5.41) is 13.3. The van der Waals surface area contributed by atoms with Crippen molar-refractivity contribution in [3.8, 4) is 0 Å². The zero-order chi connectivity index (χ0) is 7.28. The Balaban J connectivity index is 3.70. The molecule has 1 atom stereocenters. The van der Waals surface area contributed by atoms with E-state index in [9.17, 15) is 5.21 Å². The highest BCUT2D eigenvalue weighted by Crippen LogP contribution is 1.99. The number of hydroxylamine groups is 1. The quantitative estimate of drug-likeness (QED) is 0.212. The van der Waals surface area contributed by atoms with Crippen LogP contribution in [0.15, 0.2) is 5.28 Å². The molecular weight excluding hydrogens is 167 g/mol. The van der Waals surface area contributed by atoms with Crippen LogP contribution in [0.5, 0.6) is 0 Å². The second-order valence-corrected chi connectivity index (χ2v) is 1.97. The molecule has 9 heavy (non-hydrogen) atoms. The topological polar surface area (TPSA) is 47.7 Å². The number of halogens is 2. The van der Waals surface area contributed by atoms with Gasteiger partial charge in [0, 0.05) is 0 Å². The van der Waals surface area contributed by atoms with E-state index in [-0.39, 0.29) is 10.7 Å². The minimum atomic E-state index is -0.855. The Labute approximate surface area is 62.5 Å². The van der Waals surface area contributed by atoms with Gasteiger partial charge in [-0.3, -0.25) is 0 Å². The summed E-state index contributed by atoms with van der Waals surface area (Å²) >= 11 is 10.5. The third kappa shape index (κ3) is 3.37. The van der Waals surface area contributed by atoms with E-state index < -0.39 is 5.50 Å². The summed E-state index contributed by atoms with van der Waals surface area (Å²) in [6, 6.07) is 0. The highest BCUT2D eigenvalue weighted by atomic mass is 35.5. The van der Waals surface area contributed by atoms with E-state index in [2.05, 4.69) is 10.1 Å². The van der Waals surface area contributed by atoms with E-state index in [0.717, 1.165) is 0 Å². The molecule has 0 heterocycles. The van der Waals surface area contributed by atoms with Gasteiger partial charge < -0.3 is 10.0 Å². The van der Waals surface area contributed by atoms with Crippen LogP contribution in [0.3, 0.4) is 0 Å². The molecule has 0 spiro atoms. The van der Waals surface area contributed by atoms with Crippen LogP contribution in [0.1, 0.15) is 0 Å². The van der Waals surface area contributed by atoms with E-state index in [0.29, 0.717) is 0 Å². The first kappa shape index (κ1) is 8.78. The average molecular weight is 173 g/mol. The van der Waals surface area contributed by atoms with Crippen molar-refractivity contribution in [1.82, 2.24) is 0 Å². The summed E-state index contributed by atoms with van der Waals surface area (Å²) in [4.78, 5) is 4.31. The molecule has 4 nitrogen and oxygen atoms in total. The molecule has 0 bridgehead atoms. The van der Waals surface area contributed by atoms with E-state index >= 15 is 0 Å². The lowest BCUT2D eigenvalue weighted by atomic mass is 10.8. The van der Waals surface area contributed by atoms with Crippen molar-refractivity contribution in [2.75, 3.05) is 13.0 Å². The third-order valence-corrected chi connectivity index (χ3v) is 1.30. The molecule has 0 unspecified atom stereocenters. The average Bonchev–Trinajstić information content (AvgIpc) is 1.87. The van der Waals surface area contributed by atoms with E-state index in [4.69, 9.17) is 23.2 Å². The highest BCUT2D eigenvalue weighted by molar-refractivity contribution is 6.27. The maximum Gasteiger partial charge on any atom is 0.280 e. The molecule has 0 fully saturated rings. The largest absolute Gasteiger partial charge is 0.596 e. The lowest BCUT2D eigenvalue weighted by Gasteiger charge is -2.00. The van der Waals surface area contributed by atoms with Gasteiger partial charge in [-0.1, -0.05) is 0 Å². The molecule has 0 saturated carbocycles. The minimum Gasteiger partial charge on any atom is -0.596 e. The number of rotatable bonds is 3. The molecule has 0 aliphatic carbocycles. The molecule has 0 aromatic heterocycles. The fourth-order valence-corrected chi connectivity index (χ4v) is 0.344. The Morgan fingerprint density at radius 2 is 2.44 bits per heavy atom. The number of alkyl halides is 2. The molecule has 0 aliphatic rings. The van der Waals surface area contributed by atoms with Crippen molar-refractivity contribution < 1.29 is 9.70 Å². The van der Waals surface area contributed by atoms with Crippen LogP contribution < -0.4 is 0 Å². The summed E-state index contributed by atoms with van der Waals surface area (Å²) in [5.74, 6) is 0.0118. The van der Waals surface area contributed by atoms with Crippen LogP contribution in [0, 0.1) is 5.21 Å². The summed E-state index contributed by atoms with van der Waals surface area (Å²) in [7, 11) is 1.25. The maximum atomic E-state index is 10.4. The predicted octanol–water partition coefficient (Wildman–Crippen LogP) is 1.31. The monoisotopic (exact) mass is 172 g/mol. The molecule has 0 aliphatic heterocycles. The van der Waals surface area contributed by atoms with Gasteiger partial charge in [-0.2, -0.15) is 0 Å². The van der Waals surface area contributed by atoms with E-state index in [1.807, 2.05) is 0 Å². The molecule has 0 amide bonds. The number of hydrogen-bond acceptors (Lipinski definition) is 3. The van der Waals surface area contributed by atoms with Crippen molar-refractivity contribution in [2.45, 2.75) is 5.50 Å². The first-order chi connectivity index (χ1) is 4.22. The van der Waals surface area contributed by atoms with Crippen LogP contribution >= 0.6 is 23.2 Å². The van der Waals surface area contributed by atoms with Crippen LogP contribution in [-0.2, 0) is 4.84 Å². The lowest BCUT2D eigenvalue weighted by molar-refractivity contribution is -0.568. The molecular formula is C3H6Cl2N2O2. The fourth-order valence-electron chi connectivity index (χ4n) is 0.191.